The Morgan fingerprint density at radius 2 is 1.88 bits per heavy atom. The predicted molar refractivity (Wildman–Crippen MR) is 67.5 cm³/mol. The van der Waals surface area contributed by atoms with Crippen LogP contribution in [0.2, 0.25) is 0 Å². The van der Waals surface area contributed by atoms with Crippen molar-refractivity contribution in [1.82, 2.24) is 0 Å². The highest BCUT2D eigenvalue weighted by atomic mass is 16.5. The Hall–Kier alpha value is -1.02. The number of rotatable bonds is 4. The second-order valence-electron chi connectivity index (χ2n) is 5.12. The molecule has 0 aromatic heterocycles. The fourth-order valence-corrected chi connectivity index (χ4v) is 2.28. The minimum atomic E-state index is 0.262. The third kappa shape index (κ3) is 2.22. The van der Waals surface area contributed by atoms with Gasteiger partial charge >= 0.3 is 0 Å². The average Bonchev–Trinajstić information content (AvgIpc) is 2.18. The number of nitrogen functional groups attached to an aromatic ring is 1. The number of nitrogens with two attached hydrogens (primary N) is 1. The van der Waals surface area contributed by atoms with E-state index >= 15 is 0 Å². The predicted octanol–water partition coefficient (Wildman–Crippen LogP) is 3.12. The summed E-state index contributed by atoms with van der Waals surface area (Å²) in [5, 5.41) is 0. The standard InChI is InChI=1S/C14H21NO/c1-11(2)16-10-14(8-3-9-14)12-4-6-13(15)7-5-12/h4-7,11H,3,8-10,15H2,1-2H3. The maximum atomic E-state index is 5.80. The van der Waals surface area contributed by atoms with Crippen LogP contribution in [0.25, 0.3) is 0 Å². The fraction of sp³-hybridized carbons (Fsp3) is 0.571. The summed E-state index contributed by atoms with van der Waals surface area (Å²) in [6.45, 7) is 5.03. The summed E-state index contributed by atoms with van der Waals surface area (Å²) in [6, 6.07) is 8.28. The van der Waals surface area contributed by atoms with E-state index in [1.165, 1.54) is 24.8 Å². The molecule has 2 rings (SSSR count). The molecule has 0 heterocycles. The van der Waals surface area contributed by atoms with E-state index in [4.69, 9.17) is 10.5 Å². The number of hydrogen-bond donors (Lipinski definition) is 1. The maximum Gasteiger partial charge on any atom is 0.0566 e. The van der Waals surface area contributed by atoms with Gasteiger partial charge in [0.05, 0.1) is 12.7 Å². The molecule has 0 atom stereocenters. The van der Waals surface area contributed by atoms with Gasteiger partial charge in [0.2, 0.25) is 0 Å². The number of ether oxygens (including phenoxy) is 1. The topological polar surface area (TPSA) is 35.2 Å². The van der Waals surface area contributed by atoms with Crippen molar-refractivity contribution in [2.24, 2.45) is 0 Å². The van der Waals surface area contributed by atoms with E-state index in [9.17, 15) is 0 Å². The number of hydrogen-bond acceptors (Lipinski definition) is 2. The van der Waals surface area contributed by atoms with E-state index in [-0.39, 0.29) is 5.41 Å². The van der Waals surface area contributed by atoms with Crippen molar-refractivity contribution in [3.05, 3.63) is 29.8 Å². The van der Waals surface area contributed by atoms with Crippen molar-refractivity contribution in [1.29, 1.82) is 0 Å². The van der Waals surface area contributed by atoms with Gasteiger partial charge in [-0.25, -0.2) is 0 Å². The van der Waals surface area contributed by atoms with Gasteiger partial charge in [0.25, 0.3) is 0 Å². The quantitative estimate of drug-likeness (QED) is 0.790. The smallest absolute Gasteiger partial charge is 0.0566 e. The van der Waals surface area contributed by atoms with E-state index in [0.717, 1.165) is 12.3 Å². The first-order chi connectivity index (χ1) is 7.62. The van der Waals surface area contributed by atoms with Gasteiger partial charge in [-0.1, -0.05) is 18.6 Å². The minimum absolute atomic E-state index is 0.262. The summed E-state index contributed by atoms with van der Waals surface area (Å²) >= 11 is 0. The fourth-order valence-electron chi connectivity index (χ4n) is 2.28. The van der Waals surface area contributed by atoms with E-state index in [2.05, 4.69) is 26.0 Å². The lowest BCUT2D eigenvalue weighted by Crippen LogP contribution is -2.39. The Balaban J connectivity index is 2.11. The lowest BCUT2D eigenvalue weighted by atomic mass is 9.65. The minimum Gasteiger partial charge on any atom is -0.399 e. The first-order valence-corrected chi connectivity index (χ1v) is 6.10. The molecule has 0 bridgehead atoms. The van der Waals surface area contributed by atoms with E-state index < -0.39 is 0 Å². The van der Waals surface area contributed by atoms with Crippen LogP contribution in [0.1, 0.15) is 38.7 Å². The second kappa shape index (κ2) is 4.46. The van der Waals surface area contributed by atoms with Crippen LogP contribution in [0.5, 0.6) is 0 Å². The molecule has 1 fully saturated rings. The molecule has 0 amide bonds. The monoisotopic (exact) mass is 219 g/mol. The molecule has 0 radical (unpaired) electrons. The molecule has 16 heavy (non-hydrogen) atoms. The van der Waals surface area contributed by atoms with Crippen molar-refractivity contribution < 1.29 is 4.74 Å². The highest BCUT2D eigenvalue weighted by Crippen LogP contribution is 2.44. The number of anilines is 1. The van der Waals surface area contributed by atoms with Crippen LogP contribution in [-0.2, 0) is 10.2 Å². The van der Waals surface area contributed by atoms with Crippen LogP contribution >= 0.6 is 0 Å². The van der Waals surface area contributed by atoms with Gasteiger partial charge in [0, 0.05) is 11.1 Å². The van der Waals surface area contributed by atoms with E-state index in [1.807, 2.05) is 12.1 Å². The highest BCUT2D eigenvalue weighted by Gasteiger charge is 2.38. The van der Waals surface area contributed by atoms with Crippen LogP contribution in [0.3, 0.4) is 0 Å². The summed E-state index contributed by atoms with van der Waals surface area (Å²) in [7, 11) is 0. The van der Waals surface area contributed by atoms with Gasteiger partial charge in [-0.15, -0.1) is 0 Å². The molecule has 0 saturated heterocycles. The van der Waals surface area contributed by atoms with Crippen molar-refractivity contribution in [3.63, 3.8) is 0 Å². The van der Waals surface area contributed by atoms with Crippen LogP contribution in [0.4, 0.5) is 5.69 Å². The molecule has 2 nitrogen and oxygen atoms in total. The third-order valence-corrected chi connectivity index (χ3v) is 3.53. The summed E-state index contributed by atoms with van der Waals surface area (Å²) < 4.78 is 5.80. The zero-order chi connectivity index (χ0) is 11.6. The normalized spacial score (nSPS) is 18.4. The molecule has 0 unspecified atom stereocenters. The van der Waals surface area contributed by atoms with Crippen molar-refractivity contribution in [2.45, 2.75) is 44.6 Å². The van der Waals surface area contributed by atoms with Crippen molar-refractivity contribution in [2.75, 3.05) is 12.3 Å². The van der Waals surface area contributed by atoms with Gasteiger partial charge in [-0.2, -0.15) is 0 Å². The molecule has 2 heteroatoms. The SMILES string of the molecule is CC(C)OCC1(c2ccc(N)cc2)CCC1. The maximum absolute atomic E-state index is 5.80. The zero-order valence-electron chi connectivity index (χ0n) is 10.2. The lowest BCUT2D eigenvalue weighted by Gasteiger charge is -2.42. The number of benzene rings is 1. The molecule has 1 aliphatic rings. The van der Waals surface area contributed by atoms with Gasteiger partial charge in [-0.05, 0) is 44.4 Å². The van der Waals surface area contributed by atoms with Gasteiger partial charge < -0.3 is 10.5 Å². The van der Waals surface area contributed by atoms with Crippen molar-refractivity contribution in [3.8, 4) is 0 Å². The third-order valence-electron chi connectivity index (χ3n) is 3.53. The van der Waals surface area contributed by atoms with Gasteiger partial charge in [0.15, 0.2) is 0 Å². The Bertz CT molecular complexity index is 338. The molecule has 1 aromatic rings. The zero-order valence-corrected chi connectivity index (χ0v) is 10.2. The molecule has 1 saturated carbocycles. The second-order valence-corrected chi connectivity index (χ2v) is 5.12. The molecule has 2 N–H and O–H groups in total. The van der Waals surface area contributed by atoms with Crippen LogP contribution in [-0.4, -0.2) is 12.7 Å². The average molecular weight is 219 g/mol. The molecule has 0 aliphatic heterocycles. The Labute approximate surface area is 97.8 Å². The molecule has 1 aliphatic carbocycles. The largest absolute Gasteiger partial charge is 0.399 e. The summed E-state index contributed by atoms with van der Waals surface area (Å²) in [4.78, 5) is 0. The summed E-state index contributed by atoms with van der Waals surface area (Å²) in [5.41, 5.74) is 8.20. The van der Waals surface area contributed by atoms with E-state index in [0.29, 0.717) is 6.10 Å². The lowest BCUT2D eigenvalue weighted by molar-refractivity contribution is 0.00988. The molecule has 0 spiro atoms. The highest BCUT2D eigenvalue weighted by molar-refractivity contribution is 5.42. The molecular formula is C14H21NO. The van der Waals surface area contributed by atoms with E-state index in [1.54, 1.807) is 0 Å². The Kier molecular flexibility index (Phi) is 3.20. The van der Waals surface area contributed by atoms with Crippen molar-refractivity contribution >= 4 is 5.69 Å². The molecule has 88 valence electrons. The Morgan fingerprint density at radius 3 is 2.31 bits per heavy atom. The summed E-state index contributed by atoms with van der Waals surface area (Å²) in [5.74, 6) is 0. The van der Waals surface area contributed by atoms with Crippen LogP contribution in [0, 0.1) is 0 Å². The first kappa shape index (κ1) is 11.5. The van der Waals surface area contributed by atoms with Crippen LogP contribution in [0.15, 0.2) is 24.3 Å². The Morgan fingerprint density at radius 1 is 1.25 bits per heavy atom. The molecular weight excluding hydrogens is 198 g/mol. The summed E-state index contributed by atoms with van der Waals surface area (Å²) in [6.07, 6.45) is 4.10. The van der Waals surface area contributed by atoms with Gasteiger partial charge in [0.1, 0.15) is 0 Å². The van der Waals surface area contributed by atoms with Gasteiger partial charge in [-0.3, -0.25) is 0 Å². The molecule has 1 aromatic carbocycles. The first-order valence-electron chi connectivity index (χ1n) is 6.10. The van der Waals surface area contributed by atoms with Crippen LogP contribution < -0.4 is 5.73 Å².